The van der Waals surface area contributed by atoms with Crippen LogP contribution in [0.5, 0.6) is 0 Å². The smallest absolute Gasteiger partial charge is 0.329 e. The van der Waals surface area contributed by atoms with Gasteiger partial charge in [-0.1, -0.05) is 19.1 Å². The van der Waals surface area contributed by atoms with Gasteiger partial charge in [-0.2, -0.15) is 0 Å². The van der Waals surface area contributed by atoms with Gasteiger partial charge in [-0.3, -0.25) is 19.1 Å². The molecule has 1 amide bonds. The highest BCUT2D eigenvalue weighted by molar-refractivity contribution is 5.81. The van der Waals surface area contributed by atoms with Crippen LogP contribution in [0.15, 0.2) is 33.9 Å². The highest BCUT2D eigenvalue weighted by Crippen LogP contribution is 2.15. The fraction of sp³-hybridized carbons (Fsp3) is 0.400. The number of amides is 1. The first-order valence-electron chi connectivity index (χ1n) is 7.06. The van der Waals surface area contributed by atoms with Crippen molar-refractivity contribution in [3.05, 3.63) is 45.1 Å². The van der Waals surface area contributed by atoms with E-state index in [0.717, 1.165) is 19.5 Å². The van der Waals surface area contributed by atoms with Crippen LogP contribution in [0, 0.1) is 5.92 Å². The molecule has 1 aliphatic rings. The lowest BCUT2D eigenvalue weighted by Crippen LogP contribution is -2.37. The molecule has 1 aromatic heterocycles. The number of rotatable bonds is 2. The molecule has 6 nitrogen and oxygen atoms in total. The van der Waals surface area contributed by atoms with Crippen molar-refractivity contribution < 1.29 is 4.79 Å². The number of carbonyl (C=O) groups excluding carboxylic acids is 1. The highest BCUT2D eigenvalue weighted by Gasteiger charge is 2.24. The summed E-state index contributed by atoms with van der Waals surface area (Å²) in [5.74, 6) is 0.414. The Kier molecular flexibility index (Phi) is 3.37. The van der Waals surface area contributed by atoms with Crippen molar-refractivity contribution in [3.63, 3.8) is 0 Å². The minimum atomic E-state index is -0.542. The molecule has 1 fully saturated rings. The number of nitrogens with one attached hydrogen (secondary N) is 1. The van der Waals surface area contributed by atoms with Gasteiger partial charge in [-0.15, -0.1) is 0 Å². The van der Waals surface area contributed by atoms with E-state index in [1.165, 1.54) is 4.57 Å². The molecule has 2 heterocycles. The lowest BCUT2D eigenvalue weighted by molar-refractivity contribution is -0.130. The number of hydrogen-bond donors (Lipinski definition) is 1. The molecular formula is C15H17N3O3. The molecule has 1 N–H and O–H groups in total. The van der Waals surface area contributed by atoms with Crippen molar-refractivity contribution in [2.75, 3.05) is 13.1 Å². The number of carbonyl (C=O) groups is 1. The monoisotopic (exact) mass is 287 g/mol. The largest absolute Gasteiger partial charge is 0.341 e. The van der Waals surface area contributed by atoms with Gasteiger partial charge in [0.25, 0.3) is 5.56 Å². The van der Waals surface area contributed by atoms with Crippen molar-refractivity contribution in [2.24, 2.45) is 5.92 Å². The van der Waals surface area contributed by atoms with Crippen LogP contribution in [0.25, 0.3) is 10.9 Å². The van der Waals surface area contributed by atoms with Crippen LogP contribution in [0.3, 0.4) is 0 Å². The Morgan fingerprint density at radius 3 is 2.81 bits per heavy atom. The summed E-state index contributed by atoms with van der Waals surface area (Å²) in [7, 11) is 0. The van der Waals surface area contributed by atoms with Gasteiger partial charge >= 0.3 is 5.69 Å². The quantitative estimate of drug-likeness (QED) is 0.877. The molecule has 1 aliphatic heterocycles. The molecule has 1 aromatic carbocycles. The Morgan fingerprint density at radius 1 is 1.33 bits per heavy atom. The van der Waals surface area contributed by atoms with Gasteiger partial charge in [0, 0.05) is 13.1 Å². The molecule has 1 atom stereocenters. The van der Waals surface area contributed by atoms with Crippen LogP contribution in [0.1, 0.15) is 13.3 Å². The number of aromatic nitrogens is 2. The van der Waals surface area contributed by atoms with Crippen molar-refractivity contribution in [3.8, 4) is 0 Å². The first kappa shape index (κ1) is 13.6. The normalized spacial score (nSPS) is 18.3. The Labute approximate surface area is 121 Å². The van der Waals surface area contributed by atoms with Crippen molar-refractivity contribution in [2.45, 2.75) is 19.9 Å². The van der Waals surface area contributed by atoms with Crippen LogP contribution in [-0.2, 0) is 11.3 Å². The molecule has 0 saturated carbocycles. The van der Waals surface area contributed by atoms with Gasteiger partial charge in [0.2, 0.25) is 5.91 Å². The molecule has 0 bridgehead atoms. The minimum Gasteiger partial charge on any atom is -0.341 e. The van der Waals surface area contributed by atoms with Crippen LogP contribution >= 0.6 is 0 Å². The predicted molar refractivity (Wildman–Crippen MR) is 79.2 cm³/mol. The fourth-order valence-electron chi connectivity index (χ4n) is 2.80. The second kappa shape index (κ2) is 5.20. The maximum atomic E-state index is 12.3. The lowest BCUT2D eigenvalue weighted by atomic mass is 10.2. The third-order valence-corrected chi connectivity index (χ3v) is 3.98. The Balaban J connectivity index is 1.99. The van der Waals surface area contributed by atoms with Gasteiger partial charge in [0.05, 0.1) is 10.9 Å². The SMILES string of the molecule is CC1CCN(C(=O)Cn2c(=O)[nH]c(=O)c3ccccc32)C1. The Morgan fingerprint density at radius 2 is 2.10 bits per heavy atom. The molecule has 0 aliphatic carbocycles. The minimum absolute atomic E-state index is 0.0388. The van der Waals surface area contributed by atoms with E-state index in [1.807, 2.05) is 0 Å². The van der Waals surface area contributed by atoms with Gasteiger partial charge in [-0.05, 0) is 24.5 Å². The van der Waals surface area contributed by atoms with E-state index in [2.05, 4.69) is 11.9 Å². The van der Waals surface area contributed by atoms with E-state index >= 15 is 0 Å². The highest BCUT2D eigenvalue weighted by atomic mass is 16.2. The second-order valence-corrected chi connectivity index (χ2v) is 5.60. The maximum Gasteiger partial charge on any atom is 0.329 e. The fourth-order valence-corrected chi connectivity index (χ4v) is 2.80. The number of para-hydroxylation sites is 1. The van der Waals surface area contributed by atoms with E-state index in [4.69, 9.17) is 0 Å². The van der Waals surface area contributed by atoms with Crippen molar-refractivity contribution in [1.29, 1.82) is 0 Å². The maximum absolute atomic E-state index is 12.3. The number of H-pyrrole nitrogens is 1. The van der Waals surface area contributed by atoms with Gasteiger partial charge < -0.3 is 4.90 Å². The third-order valence-electron chi connectivity index (χ3n) is 3.98. The average Bonchev–Trinajstić information content (AvgIpc) is 2.90. The van der Waals surface area contributed by atoms with Gasteiger partial charge in [0.1, 0.15) is 6.54 Å². The van der Waals surface area contributed by atoms with Gasteiger partial charge in [0.15, 0.2) is 0 Å². The summed E-state index contributed by atoms with van der Waals surface area (Å²) >= 11 is 0. The van der Waals surface area contributed by atoms with Crippen LogP contribution in [0.2, 0.25) is 0 Å². The van der Waals surface area contributed by atoms with Crippen molar-refractivity contribution >= 4 is 16.8 Å². The molecule has 1 unspecified atom stereocenters. The summed E-state index contributed by atoms with van der Waals surface area (Å²) in [6.45, 7) is 3.53. The lowest BCUT2D eigenvalue weighted by Gasteiger charge is -2.17. The molecule has 0 radical (unpaired) electrons. The van der Waals surface area contributed by atoms with E-state index in [0.29, 0.717) is 16.8 Å². The molecule has 3 rings (SSSR count). The topological polar surface area (TPSA) is 75.2 Å². The first-order valence-corrected chi connectivity index (χ1v) is 7.06. The van der Waals surface area contributed by atoms with E-state index < -0.39 is 11.2 Å². The summed E-state index contributed by atoms with van der Waals surface area (Å²) < 4.78 is 1.34. The molecule has 1 saturated heterocycles. The zero-order valence-corrected chi connectivity index (χ0v) is 11.8. The van der Waals surface area contributed by atoms with Gasteiger partial charge in [-0.25, -0.2) is 4.79 Å². The van der Waals surface area contributed by atoms with Crippen molar-refractivity contribution in [1.82, 2.24) is 14.5 Å². The standard InChI is InChI=1S/C15H17N3O3/c1-10-6-7-17(8-10)13(19)9-18-12-5-3-2-4-11(12)14(20)16-15(18)21/h2-5,10H,6-9H2,1H3,(H,16,20,21). The predicted octanol–water partition coefficient (Wildman–Crippen LogP) is 0.558. The van der Waals surface area contributed by atoms with E-state index in [1.54, 1.807) is 29.2 Å². The van der Waals surface area contributed by atoms with Crippen LogP contribution < -0.4 is 11.2 Å². The Hall–Kier alpha value is -2.37. The molecule has 6 heteroatoms. The average molecular weight is 287 g/mol. The number of benzene rings is 1. The summed E-state index contributed by atoms with van der Waals surface area (Å²) in [6.07, 6.45) is 0.993. The second-order valence-electron chi connectivity index (χ2n) is 5.60. The number of likely N-dealkylation sites (tertiary alicyclic amines) is 1. The number of nitrogens with zero attached hydrogens (tertiary/aromatic N) is 2. The molecular weight excluding hydrogens is 270 g/mol. The summed E-state index contributed by atoms with van der Waals surface area (Å²) in [6, 6.07) is 6.81. The number of fused-ring (bicyclic) bond motifs is 1. The van der Waals surface area contributed by atoms with Crippen LogP contribution in [0.4, 0.5) is 0 Å². The Bertz CT molecular complexity index is 806. The van der Waals surface area contributed by atoms with E-state index in [-0.39, 0.29) is 12.5 Å². The number of aromatic amines is 1. The summed E-state index contributed by atoms with van der Waals surface area (Å²) in [5, 5.41) is 0.416. The zero-order chi connectivity index (χ0) is 15.0. The summed E-state index contributed by atoms with van der Waals surface area (Å²) in [5.41, 5.74) is -0.472. The first-order chi connectivity index (χ1) is 10.1. The zero-order valence-electron chi connectivity index (χ0n) is 11.8. The van der Waals surface area contributed by atoms with Crippen LogP contribution in [-0.4, -0.2) is 33.4 Å². The third kappa shape index (κ3) is 2.49. The number of hydrogen-bond acceptors (Lipinski definition) is 3. The molecule has 110 valence electrons. The molecule has 21 heavy (non-hydrogen) atoms. The molecule has 0 spiro atoms. The van der Waals surface area contributed by atoms with E-state index in [9.17, 15) is 14.4 Å². The molecule has 2 aromatic rings. The summed E-state index contributed by atoms with van der Waals surface area (Å²) in [4.78, 5) is 40.1.